The maximum atomic E-state index is 3.86. The van der Waals surface area contributed by atoms with Crippen molar-refractivity contribution >= 4 is 5.69 Å². The summed E-state index contributed by atoms with van der Waals surface area (Å²) in [4.78, 5) is 5.15. The van der Waals surface area contributed by atoms with Gasteiger partial charge in [-0.1, -0.05) is 77.0 Å². The maximum Gasteiger partial charge on any atom is 0.0446 e. The first-order chi connectivity index (χ1) is 13.5. The van der Waals surface area contributed by atoms with E-state index in [2.05, 4.69) is 74.9 Å². The van der Waals surface area contributed by atoms with Crippen LogP contribution in [0.3, 0.4) is 0 Å². The Morgan fingerprint density at radius 2 is 1.57 bits per heavy atom. The van der Waals surface area contributed by atoms with E-state index in [9.17, 15) is 0 Å². The fourth-order valence-electron chi connectivity index (χ4n) is 3.36. The zero-order valence-corrected chi connectivity index (χ0v) is 19.6. The lowest BCUT2D eigenvalue weighted by Gasteiger charge is -2.46. The first-order valence-corrected chi connectivity index (χ1v) is 11.4. The van der Waals surface area contributed by atoms with Crippen molar-refractivity contribution in [3.63, 3.8) is 0 Å². The molecule has 0 bridgehead atoms. The van der Waals surface area contributed by atoms with Crippen LogP contribution in [0.25, 0.3) is 0 Å². The van der Waals surface area contributed by atoms with Crippen molar-refractivity contribution < 1.29 is 0 Å². The highest BCUT2D eigenvalue weighted by atomic mass is 15.3. The molecule has 1 aromatic rings. The molecule has 0 atom stereocenters. The predicted molar refractivity (Wildman–Crippen MR) is 130 cm³/mol. The van der Waals surface area contributed by atoms with Gasteiger partial charge in [0.1, 0.15) is 0 Å². The molecule has 2 heteroatoms. The number of aryl methyl sites for hydroxylation is 1. The van der Waals surface area contributed by atoms with Gasteiger partial charge in [0.25, 0.3) is 0 Å². The molecule has 0 radical (unpaired) electrons. The summed E-state index contributed by atoms with van der Waals surface area (Å²) in [7, 11) is 0. The SMILES string of the molecule is C=CCC(=C)CCC.CC.CCCN(CCC)C1CN(c2ccc(C)cc2)C1. The molecule has 1 heterocycles. The molecule has 1 aliphatic rings. The normalized spacial score (nSPS) is 13.0. The summed E-state index contributed by atoms with van der Waals surface area (Å²) >= 11 is 0. The molecule has 0 unspecified atom stereocenters. The Kier molecular flexibility index (Phi) is 15.5. The third-order valence-corrected chi connectivity index (χ3v) is 4.84. The summed E-state index contributed by atoms with van der Waals surface area (Å²) in [6, 6.07) is 9.67. The van der Waals surface area contributed by atoms with E-state index >= 15 is 0 Å². The van der Waals surface area contributed by atoms with Crippen LogP contribution >= 0.6 is 0 Å². The van der Waals surface area contributed by atoms with Crippen LogP contribution in [0.2, 0.25) is 0 Å². The van der Waals surface area contributed by atoms with Gasteiger partial charge in [0, 0.05) is 24.8 Å². The number of benzene rings is 1. The average molecular weight is 387 g/mol. The second kappa shape index (κ2) is 16.4. The molecule has 0 amide bonds. The third-order valence-electron chi connectivity index (χ3n) is 4.84. The molecule has 1 aromatic carbocycles. The number of rotatable bonds is 10. The molecule has 28 heavy (non-hydrogen) atoms. The van der Waals surface area contributed by atoms with Gasteiger partial charge < -0.3 is 4.90 Å². The zero-order chi connectivity index (χ0) is 21.4. The van der Waals surface area contributed by atoms with E-state index < -0.39 is 0 Å². The summed E-state index contributed by atoms with van der Waals surface area (Å²) < 4.78 is 0. The topological polar surface area (TPSA) is 6.48 Å². The lowest BCUT2D eigenvalue weighted by Crippen LogP contribution is -2.59. The summed E-state index contributed by atoms with van der Waals surface area (Å²) in [5, 5.41) is 0. The van der Waals surface area contributed by atoms with Gasteiger partial charge in [-0.3, -0.25) is 4.90 Å². The van der Waals surface area contributed by atoms with E-state index in [0.717, 1.165) is 18.9 Å². The molecular weight excluding hydrogens is 340 g/mol. The van der Waals surface area contributed by atoms with E-state index in [4.69, 9.17) is 0 Å². The number of nitrogens with zero attached hydrogens (tertiary/aromatic N) is 2. The Morgan fingerprint density at radius 1 is 1.04 bits per heavy atom. The van der Waals surface area contributed by atoms with Gasteiger partial charge in [-0.15, -0.1) is 6.58 Å². The Balaban J connectivity index is 0.000000618. The lowest BCUT2D eigenvalue weighted by molar-refractivity contribution is 0.166. The maximum absolute atomic E-state index is 3.86. The van der Waals surface area contributed by atoms with Gasteiger partial charge in [0.15, 0.2) is 0 Å². The Bertz CT molecular complexity index is 506. The summed E-state index contributed by atoms with van der Waals surface area (Å²) in [6.07, 6.45) is 7.76. The first-order valence-electron chi connectivity index (χ1n) is 11.4. The number of hydrogen-bond donors (Lipinski definition) is 0. The van der Waals surface area contributed by atoms with Gasteiger partial charge in [-0.05, 0) is 57.8 Å². The Labute approximate surface area is 176 Å². The highest BCUT2D eigenvalue weighted by molar-refractivity contribution is 5.50. The molecular formula is C26H46N2. The van der Waals surface area contributed by atoms with Crippen LogP contribution in [-0.4, -0.2) is 37.1 Å². The van der Waals surface area contributed by atoms with E-state index in [1.54, 1.807) is 0 Å². The smallest absolute Gasteiger partial charge is 0.0446 e. The number of anilines is 1. The molecule has 0 aliphatic carbocycles. The van der Waals surface area contributed by atoms with E-state index in [1.165, 1.54) is 62.3 Å². The molecule has 0 saturated carbocycles. The molecule has 0 aromatic heterocycles. The van der Waals surface area contributed by atoms with E-state index in [-0.39, 0.29) is 0 Å². The fourth-order valence-corrected chi connectivity index (χ4v) is 3.36. The highest BCUT2D eigenvalue weighted by Gasteiger charge is 2.30. The Hall–Kier alpha value is -1.54. The molecule has 1 fully saturated rings. The van der Waals surface area contributed by atoms with Crippen LogP contribution in [0.4, 0.5) is 5.69 Å². The van der Waals surface area contributed by atoms with Crippen LogP contribution in [0.1, 0.15) is 72.3 Å². The van der Waals surface area contributed by atoms with Crippen LogP contribution in [0, 0.1) is 6.92 Å². The van der Waals surface area contributed by atoms with E-state index in [1.807, 2.05) is 19.9 Å². The van der Waals surface area contributed by atoms with Crippen molar-refractivity contribution in [2.45, 2.75) is 79.7 Å². The molecule has 0 spiro atoms. The monoisotopic (exact) mass is 386 g/mol. The van der Waals surface area contributed by atoms with Gasteiger partial charge in [0.05, 0.1) is 0 Å². The fraction of sp³-hybridized carbons (Fsp3) is 0.615. The molecule has 1 aliphatic heterocycles. The third kappa shape index (κ3) is 10.1. The van der Waals surface area contributed by atoms with Crippen molar-refractivity contribution in [3.05, 3.63) is 54.6 Å². The minimum atomic E-state index is 0.770. The molecule has 0 N–H and O–H groups in total. The minimum absolute atomic E-state index is 0.770. The van der Waals surface area contributed by atoms with Crippen LogP contribution < -0.4 is 4.90 Å². The number of allylic oxidation sites excluding steroid dienone is 2. The van der Waals surface area contributed by atoms with Crippen LogP contribution in [-0.2, 0) is 0 Å². The quantitative estimate of drug-likeness (QED) is 0.391. The lowest BCUT2D eigenvalue weighted by atomic mass is 10.0. The highest BCUT2D eigenvalue weighted by Crippen LogP contribution is 2.24. The second-order valence-electron chi connectivity index (χ2n) is 7.42. The second-order valence-corrected chi connectivity index (χ2v) is 7.42. The van der Waals surface area contributed by atoms with Crippen molar-refractivity contribution in [1.82, 2.24) is 4.90 Å². The Morgan fingerprint density at radius 3 is 2.00 bits per heavy atom. The van der Waals surface area contributed by atoms with Gasteiger partial charge >= 0.3 is 0 Å². The first kappa shape index (κ1) is 26.5. The average Bonchev–Trinajstić information content (AvgIpc) is 2.65. The summed E-state index contributed by atoms with van der Waals surface area (Å²) in [6.45, 7) is 25.2. The van der Waals surface area contributed by atoms with Gasteiger partial charge in [-0.2, -0.15) is 0 Å². The summed E-state index contributed by atoms with van der Waals surface area (Å²) in [5.74, 6) is 0. The van der Waals surface area contributed by atoms with Crippen LogP contribution in [0.5, 0.6) is 0 Å². The molecule has 2 rings (SSSR count). The van der Waals surface area contributed by atoms with Crippen molar-refractivity contribution in [2.24, 2.45) is 0 Å². The zero-order valence-electron chi connectivity index (χ0n) is 19.6. The largest absolute Gasteiger partial charge is 0.368 e. The van der Waals surface area contributed by atoms with Crippen LogP contribution in [0.15, 0.2) is 49.1 Å². The van der Waals surface area contributed by atoms with Crippen molar-refractivity contribution in [2.75, 3.05) is 31.1 Å². The summed E-state index contributed by atoms with van der Waals surface area (Å²) in [5.41, 5.74) is 4.02. The minimum Gasteiger partial charge on any atom is -0.368 e. The van der Waals surface area contributed by atoms with Crippen molar-refractivity contribution in [1.29, 1.82) is 0 Å². The molecule has 1 saturated heterocycles. The van der Waals surface area contributed by atoms with Gasteiger partial charge in [-0.25, -0.2) is 0 Å². The van der Waals surface area contributed by atoms with Gasteiger partial charge in [0.2, 0.25) is 0 Å². The molecule has 2 nitrogen and oxygen atoms in total. The molecule has 160 valence electrons. The predicted octanol–water partition coefficient (Wildman–Crippen LogP) is 7.25. The number of hydrogen-bond acceptors (Lipinski definition) is 2. The standard InChI is InChI=1S/C16H26N2.C8H14.C2H6/c1-4-10-17(11-5-2)16-12-18(13-16)15-8-6-14(3)7-9-15;1-4-6-8(3)7-5-2;1-2/h6-9,16H,4-5,10-13H2,1-3H3;4H,1,3,5-7H2,2H3;1-2H3. The van der Waals surface area contributed by atoms with Crippen molar-refractivity contribution in [3.8, 4) is 0 Å². The van der Waals surface area contributed by atoms with E-state index in [0.29, 0.717) is 0 Å².